The van der Waals surface area contributed by atoms with Gasteiger partial charge in [0.25, 0.3) is 5.91 Å². The van der Waals surface area contributed by atoms with Gasteiger partial charge in [-0.2, -0.15) is 0 Å². The predicted molar refractivity (Wildman–Crippen MR) is 79.5 cm³/mol. The highest BCUT2D eigenvalue weighted by molar-refractivity contribution is 7.12. The second kappa shape index (κ2) is 4.66. The fraction of sp³-hybridized carbons (Fsp3) is 0.533. The van der Waals surface area contributed by atoms with Crippen LogP contribution < -0.4 is 5.32 Å². The molecule has 0 spiro atoms. The lowest BCUT2D eigenvalue weighted by Crippen LogP contribution is -2.46. The Labute approximate surface area is 127 Å². The maximum absolute atomic E-state index is 12.5. The maximum atomic E-state index is 12.5. The molecule has 0 aromatic carbocycles. The van der Waals surface area contributed by atoms with Crippen LogP contribution in [-0.2, 0) is 4.79 Å². The SMILES string of the molecule is Cc1cc(C(=O)CN2C(=O)N[C@](C)(C3CC3)C2=O)c(C)s1. The van der Waals surface area contributed by atoms with Crippen LogP contribution in [0.25, 0.3) is 0 Å². The first-order valence-corrected chi connectivity index (χ1v) is 7.89. The number of imide groups is 1. The summed E-state index contributed by atoms with van der Waals surface area (Å²) in [6.07, 6.45) is 1.90. The molecule has 1 saturated heterocycles. The molecule has 1 atom stereocenters. The van der Waals surface area contributed by atoms with Crippen molar-refractivity contribution in [3.05, 3.63) is 21.4 Å². The average molecular weight is 306 g/mol. The van der Waals surface area contributed by atoms with E-state index in [9.17, 15) is 14.4 Å². The number of nitrogens with zero attached hydrogens (tertiary/aromatic N) is 1. The zero-order valence-electron chi connectivity index (χ0n) is 12.4. The van der Waals surface area contributed by atoms with Gasteiger partial charge in [-0.05, 0) is 45.6 Å². The van der Waals surface area contributed by atoms with Crippen LogP contribution in [0.3, 0.4) is 0 Å². The van der Waals surface area contributed by atoms with Crippen molar-refractivity contribution in [3.63, 3.8) is 0 Å². The number of nitrogens with one attached hydrogen (secondary N) is 1. The minimum Gasteiger partial charge on any atom is -0.323 e. The van der Waals surface area contributed by atoms with Crippen molar-refractivity contribution < 1.29 is 14.4 Å². The third-order valence-electron chi connectivity index (χ3n) is 4.34. The van der Waals surface area contributed by atoms with E-state index in [4.69, 9.17) is 0 Å². The van der Waals surface area contributed by atoms with Gasteiger partial charge in [-0.1, -0.05) is 0 Å². The van der Waals surface area contributed by atoms with E-state index in [-0.39, 0.29) is 24.2 Å². The van der Waals surface area contributed by atoms with Crippen LogP contribution in [0.2, 0.25) is 0 Å². The van der Waals surface area contributed by atoms with Crippen LogP contribution >= 0.6 is 11.3 Å². The van der Waals surface area contributed by atoms with Crippen molar-refractivity contribution in [1.29, 1.82) is 0 Å². The van der Waals surface area contributed by atoms with Crippen molar-refractivity contribution in [1.82, 2.24) is 10.2 Å². The summed E-state index contributed by atoms with van der Waals surface area (Å²) in [4.78, 5) is 39.9. The highest BCUT2D eigenvalue weighted by atomic mass is 32.1. The van der Waals surface area contributed by atoms with Crippen LogP contribution in [0.15, 0.2) is 6.07 Å². The first kappa shape index (κ1) is 14.3. The second-order valence-electron chi connectivity index (χ2n) is 6.05. The van der Waals surface area contributed by atoms with Gasteiger partial charge < -0.3 is 5.32 Å². The predicted octanol–water partition coefficient (Wildman–Crippen LogP) is 2.27. The van der Waals surface area contributed by atoms with Gasteiger partial charge in [0.2, 0.25) is 0 Å². The molecule has 2 heterocycles. The number of ketones is 1. The number of rotatable bonds is 4. The molecule has 5 nitrogen and oxygen atoms in total. The summed E-state index contributed by atoms with van der Waals surface area (Å²) in [5.74, 6) is -0.243. The lowest BCUT2D eigenvalue weighted by atomic mass is 9.96. The quantitative estimate of drug-likeness (QED) is 0.685. The van der Waals surface area contributed by atoms with Crippen LogP contribution in [0, 0.1) is 19.8 Å². The van der Waals surface area contributed by atoms with Crippen LogP contribution in [0.1, 0.15) is 39.9 Å². The molecular formula is C15H18N2O3S. The van der Waals surface area contributed by atoms with Gasteiger partial charge in [-0.15, -0.1) is 11.3 Å². The molecule has 3 amide bonds. The van der Waals surface area contributed by atoms with Gasteiger partial charge >= 0.3 is 6.03 Å². The summed E-state index contributed by atoms with van der Waals surface area (Å²) in [5.41, 5.74) is -0.213. The minimum atomic E-state index is -0.822. The molecule has 0 radical (unpaired) electrons. The Morgan fingerprint density at radius 3 is 2.62 bits per heavy atom. The number of amides is 3. The van der Waals surface area contributed by atoms with Gasteiger partial charge in [0.05, 0.1) is 6.54 Å². The molecule has 1 aromatic rings. The number of thiophene rings is 1. The topological polar surface area (TPSA) is 66.5 Å². The van der Waals surface area contributed by atoms with E-state index in [1.165, 1.54) is 0 Å². The third kappa shape index (κ3) is 2.27. The number of hydrogen-bond acceptors (Lipinski definition) is 4. The highest BCUT2D eigenvalue weighted by Gasteiger charge is 2.56. The molecule has 1 aliphatic heterocycles. The summed E-state index contributed by atoms with van der Waals surface area (Å²) in [6, 6.07) is 1.37. The zero-order chi connectivity index (χ0) is 15.4. The van der Waals surface area contributed by atoms with Crippen molar-refractivity contribution in [2.24, 2.45) is 5.92 Å². The Morgan fingerprint density at radius 1 is 1.43 bits per heavy atom. The lowest BCUT2D eigenvalue weighted by molar-refractivity contribution is -0.131. The minimum absolute atomic E-state index is 0.177. The van der Waals surface area contributed by atoms with E-state index in [1.54, 1.807) is 18.3 Å². The van der Waals surface area contributed by atoms with Gasteiger partial charge in [0.1, 0.15) is 5.54 Å². The number of urea groups is 1. The summed E-state index contributed by atoms with van der Waals surface area (Å²) < 4.78 is 0. The van der Waals surface area contributed by atoms with E-state index in [0.29, 0.717) is 5.56 Å². The summed E-state index contributed by atoms with van der Waals surface area (Å²) >= 11 is 1.55. The molecule has 3 rings (SSSR count). The van der Waals surface area contributed by atoms with Crippen molar-refractivity contribution >= 4 is 29.1 Å². The number of carbonyl (C=O) groups is 3. The van der Waals surface area contributed by atoms with E-state index in [1.807, 2.05) is 19.9 Å². The third-order valence-corrected chi connectivity index (χ3v) is 5.30. The van der Waals surface area contributed by atoms with Crippen LogP contribution in [0.4, 0.5) is 4.79 Å². The van der Waals surface area contributed by atoms with Crippen molar-refractivity contribution in [3.8, 4) is 0 Å². The maximum Gasteiger partial charge on any atom is 0.325 e. The second-order valence-corrected chi connectivity index (χ2v) is 7.51. The number of carbonyl (C=O) groups excluding carboxylic acids is 3. The molecule has 2 fully saturated rings. The van der Waals surface area contributed by atoms with Gasteiger partial charge in [0, 0.05) is 15.3 Å². The normalized spacial score (nSPS) is 25.4. The number of hydrogen-bond donors (Lipinski definition) is 1. The molecule has 21 heavy (non-hydrogen) atoms. The Hall–Kier alpha value is -1.69. The smallest absolute Gasteiger partial charge is 0.323 e. The molecule has 1 saturated carbocycles. The van der Waals surface area contributed by atoms with Crippen molar-refractivity contribution in [2.75, 3.05) is 6.54 Å². The number of Topliss-reactive ketones (excluding diaryl/α,β-unsaturated/α-hetero) is 1. The standard InChI is InChI=1S/C15H18N2O3S/c1-8-6-11(9(2)21-8)12(18)7-17-13(19)15(3,10-4-5-10)16-14(17)20/h6,10H,4-5,7H2,1-3H3,(H,16,20)/t15-/m1/s1. The summed E-state index contributed by atoms with van der Waals surface area (Å²) in [5, 5.41) is 2.76. The summed E-state index contributed by atoms with van der Waals surface area (Å²) in [6.45, 7) is 5.40. The molecule has 1 aromatic heterocycles. The molecule has 1 N–H and O–H groups in total. The largest absolute Gasteiger partial charge is 0.325 e. The Kier molecular flexibility index (Phi) is 3.16. The molecule has 6 heteroatoms. The monoisotopic (exact) mass is 306 g/mol. The first-order chi connectivity index (χ1) is 9.83. The highest BCUT2D eigenvalue weighted by Crippen LogP contribution is 2.42. The average Bonchev–Trinajstić information content (AvgIpc) is 3.17. The molecule has 0 unspecified atom stereocenters. The van der Waals surface area contributed by atoms with Gasteiger partial charge in [-0.3, -0.25) is 14.5 Å². The molecule has 112 valence electrons. The van der Waals surface area contributed by atoms with Gasteiger partial charge in [0.15, 0.2) is 5.78 Å². The molecule has 1 aliphatic carbocycles. The lowest BCUT2D eigenvalue weighted by Gasteiger charge is -2.20. The van der Waals surface area contributed by atoms with Crippen LogP contribution in [-0.4, -0.2) is 34.7 Å². The van der Waals surface area contributed by atoms with E-state index >= 15 is 0 Å². The van der Waals surface area contributed by atoms with Gasteiger partial charge in [-0.25, -0.2) is 4.79 Å². The van der Waals surface area contributed by atoms with E-state index in [2.05, 4.69) is 5.32 Å². The summed E-state index contributed by atoms with van der Waals surface area (Å²) in [7, 11) is 0. The Balaban J connectivity index is 1.78. The van der Waals surface area contributed by atoms with E-state index in [0.717, 1.165) is 27.5 Å². The van der Waals surface area contributed by atoms with Crippen molar-refractivity contribution in [2.45, 2.75) is 39.2 Å². The molecule has 0 bridgehead atoms. The fourth-order valence-electron chi connectivity index (χ4n) is 2.93. The fourth-order valence-corrected chi connectivity index (χ4v) is 3.88. The molecular weight excluding hydrogens is 288 g/mol. The number of aryl methyl sites for hydroxylation is 2. The zero-order valence-corrected chi connectivity index (χ0v) is 13.2. The molecule has 2 aliphatic rings. The first-order valence-electron chi connectivity index (χ1n) is 7.07. The Bertz CT molecular complexity index is 647. The van der Waals surface area contributed by atoms with Crippen LogP contribution in [0.5, 0.6) is 0 Å². The Morgan fingerprint density at radius 2 is 2.10 bits per heavy atom. The van der Waals surface area contributed by atoms with E-state index < -0.39 is 11.6 Å².